The maximum Gasteiger partial charge on any atom is 0.327 e. The first-order chi connectivity index (χ1) is 10.1. The fourth-order valence-corrected chi connectivity index (χ4v) is 4.96. The van der Waals surface area contributed by atoms with Crippen LogP contribution in [0.2, 0.25) is 0 Å². The van der Waals surface area contributed by atoms with Crippen LogP contribution in [-0.4, -0.2) is 44.5 Å². The van der Waals surface area contributed by atoms with Gasteiger partial charge in [-0.2, -0.15) is 11.3 Å². The predicted octanol–water partition coefficient (Wildman–Crippen LogP) is 2.78. The Morgan fingerprint density at radius 2 is 2.29 bits per heavy atom. The first-order valence-corrected chi connectivity index (χ1v) is 9.11. The van der Waals surface area contributed by atoms with E-state index in [0.717, 1.165) is 10.6 Å². The Morgan fingerprint density at radius 3 is 2.95 bits per heavy atom. The van der Waals surface area contributed by atoms with Crippen LogP contribution in [-0.2, 0) is 4.79 Å². The van der Waals surface area contributed by atoms with E-state index in [4.69, 9.17) is 0 Å². The van der Waals surface area contributed by atoms with Gasteiger partial charge in [0.15, 0.2) is 0 Å². The molecule has 0 aromatic carbocycles. The molecule has 3 rings (SSSR count). The topological polar surface area (TPSA) is 70.5 Å². The van der Waals surface area contributed by atoms with E-state index in [0.29, 0.717) is 22.2 Å². The second-order valence-electron chi connectivity index (χ2n) is 4.57. The van der Waals surface area contributed by atoms with Crippen LogP contribution < -0.4 is 0 Å². The summed E-state index contributed by atoms with van der Waals surface area (Å²) in [5.74, 6) is -0.325. The largest absolute Gasteiger partial charge is 0.480 e. The van der Waals surface area contributed by atoms with Gasteiger partial charge in [-0.05, 0) is 18.4 Å². The molecule has 0 spiro atoms. The smallest absolute Gasteiger partial charge is 0.327 e. The fourth-order valence-electron chi connectivity index (χ4n) is 2.08. The molecule has 1 aliphatic heterocycles. The number of aromatic nitrogens is 1. The number of aliphatic carboxylic acids is 1. The summed E-state index contributed by atoms with van der Waals surface area (Å²) in [6, 6.07) is 1.22. The van der Waals surface area contributed by atoms with E-state index in [-0.39, 0.29) is 5.91 Å². The van der Waals surface area contributed by atoms with Crippen LogP contribution in [0, 0.1) is 6.92 Å². The lowest BCUT2D eigenvalue weighted by Crippen LogP contribution is -2.41. The number of thioether (sulfide) groups is 1. The number of carbonyl (C=O) groups is 2. The maximum atomic E-state index is 12.6. The summed E-state index contributed by atoms with van der Waals surface area (Å²) >= 11 is 4.37. The van der Waals surface area contributed by atoms with E-state index in [9.17, 15) is 14.7 Å². The zero-order chi connectivity index (χ0) is 15.0. The number of aryl methyl sites for hydroxylation is 1. The molecule has 1 saturated heterocycles. The molecule has 2 aromatic heterocycles. The van der Waals surface area contributed by atoms with Gasteiger partial charge in [0.05, 0.1) is 11.6 Å². The van der Waals surface area contributed by atoms with Gasteiger partial charge in [-0.15, -0.1) is 23.1 Å². The minimum atomic E-state index is -0.950. The van der Waals surface area contributed by atoms with Crippen molar-refractivity contribution >= 4 is 46.3 Å². The van der Waals surface area contributed by atoms with E-state index >= 15 is 0 Å². The van der Waals surface area contributed by atoms with Gasteiger partial charge < -0.3 is 10.0 Å². The molecule has 5 nitrogen and oxygen atoms in total. The van der Waals surface area contributed by atoms with Crippen molar-refractivity contribution in [2.24, 2.45) is 0 Å². The lowest BCUT2D eigenvalue weighted by atomic mass is 10.2. The van der Waals surface area contributed by atoms with E-state index in [1.165, 1.54) is 28.0 Å². The third-order valence-electron chi connectivity index (χ3n) is 3.19. The number of thiophene rings is 1. The summed E-state index contributed by atoms with van der Waals surface area (Å²) in [7, 11) is 0. The van der Waals surface area contributed by atoms with E-state index in [1.54, 1.807) is 18.3 Å². The van der Waals surface area contributed by atoms with Gasteiger partial charge in [-0.25, -0.2) is 9.78 Å². The number of carboxylic acid groups (broad SMARTS) is 1. The maximum absolute atomic E-state index is 12.6. The zero-order valence-electron chi connectivity index (χ0n) is 11.1. The standard InChI is InChI=1S/C13H12N2O3S3/c1-7-10(21-11(14-7)8-2-3-19-4-8)12(16)15-6-20-5-9(15)13(17)18/h2-4,9H,5-6H2,1H3,(H,17,18)/t9-/m0/s1. The summed E-state index contributed by atoms with van der Waals surface area (Å²) in [6.07, 6.45) is 0. The summed E-state index contributed by atoms with van der Waals surface area (Å²) < 4.78 is 0. The number of rotatable bonds is 3. The number of hydrogen-bond donors (Lipinski definition) is 1. The molecule has 3 heterocycles. The van der Waals surface area contributed by atoms with Gasteiger partial charge in [-0.3, -0.25) is 4.79 Å². The second-order valence-corrected chi connectivity index (χ2v) is 7.35. The van der Waals surface area contributed by atoms with Gasteiger partial charge in [0.1, 0.15) is 15.9 Å². The van der Waals surface area contributed by atoms with Crippen molar-refractivity contribution in [1.29, 1.82) is 0 Å². The van der Waals surface area contributed by atoms with Crippen molar-refractivity contribution < 1.29 is 14.7 Å². The molecular formula is C13H12N2O3S3. The van der Waals surface area contributed by atoms with Crippen molar-refractivity contribution in [1.82, 2.24) is 9.88 Å². The SMILES string of the molecule is Cc1nc(-c2ccsc2)sc1C(=O)N1CSC[C@H]1C(=O)O. The molecular weight excluding hydrogens is 328 g/mol. The van der Waals surface area contributed by atoms with Crippen LogP contribution in [0.15, 0.2) is 16.8 Å². The van der Waals surface area contributed by atoms with Crippen molar-refractivity contribution in [3.05, 3.63) is 27.4 Å². The van der Waals surface area contributed by atoms with Crippen molar-refractivity contribution in [3.8, 4) is 10.6 Å². The first-order valence-electron chi connectivity index (χ1n) is 6.19. The quantitative estimate of drug-likeness (QED) is 0.930. The average molecular weight is 340 g/mol. The summed E-state index contributed by atoms with van der Waals surface area (Å²) in [5.41, 5.74) is 1.66. The normalized spacial score (nSPS) is 18.1. The van der Waals surface area contributed by atoms with Crippen molar-refractivity contribution in [2.45, 2.75) is 13.0 Å². The number of carboxylic acids is 1. The molecule has 0 radical (unpaired) electrons. The van der Waals surface area contributed by atoms with Crippen molar-refractivity contribution in [2.75, 3.05) is 11.6 Å². The highest BCUT2D eigenvalue weighted by Gasteiger charge is 2.36. The highest BCUT2D eigenvalue weighted by molar-refractivity contribution is 7.99. The third-order valence-corrected chi connectivity index (χ3v) is 6.08. The van der Waals surface area contributed by atoms with E-state index in [2.05, 4.69) is 4.98 Å². The monoisotopic (exact) mass is 340 g/mol. The van der Waals surface area contributed by atoms with Crippen molar-refractivity contribution in [3.63, 3.8) is 0 Å². The highest BCUT2D eigenvalue weighted by atomic mass is 32.2. The Balaban J connectivity index is 1.90. The van der Waals surface area contributed by atoms with Crippen LogP contribution in [0.4, 0.5) is 0 Å². The fraction of sp³-hybridized carbons (Fsp3) is 0.308. The Hall–Kier alpha value is -1.38. The lowest BCUT2D eigenvalue weighted by molar-refractivity contribution is -0.140. The molecule has 0 aliphatic carbocycles. The van der Waals surface area contributed by atoms with Crippen LogP contribution in [0.25, 0.3) is 10.6 Å². The van der Waals surface area contributed by atoms with E-state index in [1.807, 2.05) is 16.8 Å². The minimum Gasteiger partial charge on any atom is -0.480 e. The van der Waals surface area contributed by atoms with Gasteiger partial charge in [0.2, 0.25) is 0 Å². The van der Waals surface area contributed by atoms with E-state index < -0.39 is 12.0 Å². The number of carbonyl (C=O) groups excluding carboxylic acids is 1. The average Bonchev–Trinajstić information content (AvgIpc) is 3.18. The Bertz CT molecular complexity index is 681. The summed E-state index contributed by atoms with van der Waals surface area (Å²) in [5, 5.41) is 13.9. The van der Waals surface area contributed by atoms with Gasteiger partial charge in [-0.1, -0.05) is 0 Å². The number of nitrogens with zero attached hydrogens (tertiary/aromatic N) is 2. The molecule has 1 atom stereocenters. The minimum absolute atomic E-state index is 0.233. The molecule has 0 bridgehead atoms. The molecule has 2 aromatic rings. The first kappa shape index (κ1) is 14.6. The zero-order valence-corrected chi connectivity index (χ0v) is 13.6. The van der Waals surface area contributed by atoms with Crippen LogP contribution in [0.1, 0.15) is 15.4 Å². The van der Waals surface area contributed by atoms with Crippen LogP contribution in [0.5, 0.6) is 0 Å². The molecule has 110 valence electrons. The van der Waals surface area contributed by atoms with Crippen LogP contribution >= 0.6 is 34.4 Å². The number of amides is 1. The predicted molar refractivity (Wildman–Crippen MR) is 85.1 cm³/mol. The molecule has 1 fully saturated rings. The van der Waals surface area contributed by atoms with Gasteiger partial charge in [0, 0.05) is 16.7 Å². The van der Waals surface area contributed by atoms with Gasteiger partial charge in [0.25, 0.3) is 5.91 Å². The Labute approximate surface area is 133 Å². The molecule has 1 N–H and O–H groups in total. The number of thiazole rings is 1. The summed E-state index contributed by atoms with van der Waals surface area (Å²) in [6.45, 7) is 1.79. The molecule has 21 heavy (non-hydrogen) atoms. The second kappa shape index (κ2) is 5.78. The third kappa shape index (κ3) is 2.70. The van der Waals surface area contributed by atoms with Gasteiger partial charge >= 0.3 is 5.97 Å². The lowest BCUT2D eigenvalue weighted by Gasteiger charge is -2.19. The summed E-state index contributed by atoms with van der Waals surface area (Å²) in [4.78, 5) is 30.2. The molecule has 1 amide bonds. The van der Waals surface area contributed by atoms with Crippen LogP contribution in [0.3, 0.4) is 0 Å². The number of hydrogen-bond acceptors (Lipinski definition) is 6. The molecule has 1 aliphatic rings. The Morgan fingerprint density at radius 1 is 1.48 bits per heavy atom. The molecule has 8 heteroatoms. The Kier molecular flexibility index (Phi) is 4.01. The highest BCUT2D eigenvalue weighted by Crippen LogP contribution is 2.32. The molecule has 0 unspecified atom stereocenters. The molecule has 0 saturated carbocycles.